The molecule has 12 heteroatoms. The van der Waals surface area contributed by atoms with Crippen molar-refractivity contribution in [3.05, 3.63) is 47.7 Å². The number of ether oxygens (including phenoxy) is 1. The van der Waals surface area contributed by atoms with Crippen molar-refractivity contribution in [1.29, 1.82) is 0 Å². The highest BCUT2D eigenvalue weighted by Gasteiger charge is 2.45. The smallest absolute Gasteiger partial charge is 0.416 e. The average Bonchev–Trinajstić information content (AvgIpc) is 3.08. The molecule has 174 valence electrons. The lowest BCUT2D eigenvalue weighted by molar-refractivity contribution is -0.158. The Labute approximate surface area is 182 Å². The number of nitrogens with zero attached hydrogens (tertiary/aromatic N) is 3. The monoisotopic (exact) mass is 457 g/mol. The Hall–Kier alpha value is -3.41. The lowest BCUT2D eigenvalue weighted by atomic mass is 10.1. The van der Waals surface area contributed by atoms with Crippen molar-refractivity contribution in [1.82, 2.24) is 15.3 Å². The number of nitrogens with one attached hydrogen (secondary N) is 2. The normalized spacial score (nSPS) is 15.6. The fourth-order valence-electron chi connectivity index (χ4n) is 3.39. The topological polar surface area (TPSA) is 92.5 Å². The second-order valence-electron chi connectivity index (χ2n) is 7.18. The number of halogens is 4. The summed E-state index contributed by atoms with van der Waals surface area (Å²) >= 11 is 0. The predicted octanol–water partition coefficient (Wildman–Crippen LogP) is 4.42. The fraction of sp³-hybridized carbons (Fsp3) is 0.350. The number of aromatic nitrogens is 2. The van der Waals surface area contributed by atoms with Gasteiger partial charge in [0, 0.05) is 26.9 Å². The van der Waals surface area contributed by atoms with Crippen LogP contribution >= 0.6 is 0 Å². The van der Waals surface area contributed by atoms with Gasteiger partial charge in [-0.2, -0.15) is 13.2 Å². The van der Waals surface area contributed by atoms with Crippen LogP contribution in [0.3, 0.4) is 0 Å². The minimum Gasteiger partial charge on any atom is -0.458 e. The van der Waals surface area contributed by atoms with E-state index in [1.165, 1.54) is 25.4 Å². The van der Waals surface area contributed by atoms with Gasteiger partial charge in [0.25, 0.3) is 0 Å². The number of fused-ring (bicyclic) bond motifs is 1. The average molecular weight is 457 g/mol. The zero-order valence-corrected chi connectivity index (χ0v) is 16.9. The van der Waals surface area contributed by atoms with Gasteiger partial charge < -0.3 is 24.7 Å². The number of morpholine rings is 1. The molecule has 1 aliphatic heterocycles. The molecular weight excluding hydrogens is 434 g/mol. The summed E-state index contributed by atoms with van der Waals surface area (Å²) in [5.74, 6) is -0.701. The van der Waals surface area contributed by atoms with Gasteiger partial charge in [0.1, 0.15) is 17.2 Å². The van der Waals surface area contributed by atoms with Crippen molar-refractivity contribution in [3.8, 4) is 0 Å². The van der Waals surface area contributed by atoms with Gasteiger partial charge in [-0.1, -0.05) is 0 Å². The van der Waals surface area contributed by atoms with Gasteiger partial charge in [-0.3, -0.25) is 0 Å². The zero-order chi connectivity index (χ0) is 22.9. The molecule has 0 bridgehead atoms. The van der Waals surface area contributed by atoms with Crippen LogP contribution in [0, 0.1) is 12.7 Å². The summed E-state index contributed by atoms with van der Waals surface area (Å²) in [6, 6.07) is -0.161. The van der Waals surface area contributed by atoms with E-state index in [9.17, 15) is 22.4 Å². The molecule has 0 radical (unpaired) electrons. The molecule has 32 heavy (non-hydrogen) atoms. The third-order valence-electron chi connectivity index (χ3n) is 4.99. The number of hydrogen-bond acceptors (Lipinski definition) is 6. The summed E-state index contributed by atoms with van der Waals surface area (Å²) in [5, 5.41) is 4.36. The molecule has 1 aromatic carbocycles. The number of furan rings is 1. The highest BCUT2D eigenvalue weighted by atomic mass is 19.4. The summed E-state index contributed by atoms with van der Waals surface area (Å²) in [5.41, 5.74) is 0.284. The number of amides is 2. The molecule has 8 nitrogen and oxygen atoms in total. The Morgan fingerprint density at radius 3 is 2.56 bits per heavy atom. The molecule has 1 fully saturated rings. The molecular formula is C20H23F4N5O3. The summed E-state index contributed by atoms with van der Waals surface area (Å²) in [7, 11) is 0. The van der Waals surface area contributed by atoms with Crippen LogP contribution in [0.4, 0.5) is 34.0 Å². The highest BCUT2D eigenvalue weighted by Crippen LogP contribution is 2.38. The molecule has 1 saturated heterocycles. The summed E-state index contributed by atoms with van der Waals surface area (Å²) < 4.78 is 65.3. The maximum Gasteiger partial charge on any atom is 0.416 e. The molecule has 2 N–H and O–H groups in total. The third kappa shape index (κ3) is 4.59. The first-order valence-electron chi connectivity index (χ1n) is 9.70. The number of carbonyl (C=O) groups is 1. The van der Waals surface area contributed by atoms with Gasteiger partial charge >= 0.3 is 12.2 Å². The van der Waals surface area contributed by atoms with Crippen molar-refractivity contribution in [2.24, 2.45) is 0 Å². The van der Waals surface area contributed by atoms with E-state index in [1.54, 1.807) is 0 Å². The molecule has 3 aromatic rings. The Bertz CT molecular complexity index is 1120. The van der Waals surface area contributed by atoms with Gasteiger partial charge in [-0.25, -0.2) is 19.2 Å². The molecule has 0 spiro atoms. The van der Waals surface area contributed by atoms with E-state index in [4.69, 9.17) is 9.15 Å². The number of alkyl halides is 3. The first-order valence-corrected chi connectivity index (χ1v) is 9.70. The van der Waals surface area contributed by atoms with Crippen LogP contribution in [-0.4, -0.2) is 48.5 Å². The lowest BCUT2D eigenvalue weighted by Gasteiger charge is -2.26. The zero-order valence-electron chi connectivity index (χ0n) is 16.9. The Balaban J connectivity index is 0.00000204. The maximum absolute atomic E-state index is 13.7. The van der Waals surface area contributed by atoms with Crippen LogP contribution in [0.2, 0.25) is 0 Å². The van der Waals surface area contributed by atoms with E-state index in [2.05, 4.69) is 15.3 Å². The number of hydrogen-bond donors (Lipinski definition) is 2. The second kappa shape index (κ2) is 8.61. The molecule has 0 aliphatic carbocycles. The van der Waals surface area contributed by atoms with E-state index in [1.807, 2.05) is 10.2 Å². The molecule has 1 aliphatic rings. The Kier molecular flexibility index (Phi) is 5.87. The number of carbonyl (C=O) groups excluding carboxylic acids is 1. The summed E-state index contributed by atoms with van der Waals surface area (Å²) in [6.45, 7) is 3.68. The third-order valence-corrected chi connectivity index (χ3v) is 4.99. The molecule has 1 atom stereocenters. The molecule has 0 unspecified atom stereocenters. The van der Waals surface area contributed by atoms with Gasteiger partial charge in [-0.15, -0.1) is 0 Å². The molecule has 4 rings (SSSR count). The Morgan fingerprint density at radius 2 is 1.91 bits per heavy atom. The van der Waals surface area contributed by atoms with Crippen molar-refractivity contribution < 1.29 is 34.4 Å². The van der Waals surface area contributed by atoms with Crippen molar-refractivity contribution in [2.75, 3.05) is 36.5 Å². The van der Waals surface area contributed by atoms with E-state index >= 15 is 0 Å². The molecule has 2 aromatic heterocycles. The largest absolute Gasteiger partial charge is 0.458 e. The van der Waals surface area contributed by atoms with E-state index < -0.39 is 29.8 Å². The minimum atomic E-state index is -4.86. The number of anilines is 2. The van der Waals surface area contributed by atoms with Crippen molar-refractivity contribution in [2.45, 2.75) is 19.1 Å². The van der Waals surface area contributed by atoms with Crippen molar-refractivity contribution in [3.63, 3.8) is 0 Å². The first kappa shape index (κ1) is 21.8. The van der Waals surface area contributed by atoms with Gasteiger partial charge in [0.05, 0.1) is 31.3 Å². The van der Waals surface area contributed by atoms with Gasteiger partial charge in [-0.05, 0) is 25.1 Å². The van der Waals surface area contributed by atoms with Gasteiger partial charge in [0.15, 0.2) is 6.04 Å². The number of urea groups is 1. The SMILES string of the molecule is Cc1c([C@@H](NC(=O)Nc2cnc(N3CCOCC3)nc2)C(F)(F)F)oc2ccc(F)cc12.[HH].[HH]. The second-order valence-corrected chi connectivity index (χ2v) is 7.18. The quantitative estimate of drug-likeness (QED) is 0.564. The minimum absolute atomic E-state index is 0. The fourth-order valence-corrected chi connectivity index (χ4v) is 3.39. The lowest BCUT2D eigenvalue weighted by Crippen LogP contribution is -2.40. The first-order chi connectivity index (χ1) is 15.2. The number of benzene rings is 1. The van der Waals surface area contributed by atoms with Crippen LogP contribution in [0.1, 0.15) is 20.2 Å². The summed E-state index contributed by atoms with van der Waals surface area (Å²) in [6.07, 6.45) is -2.25. The predicted molar refractivity (Wildman–Crippen MR) is 111 cm³/mol. The maximum atomic E-state index is 13.7. The number of aryl methyl sites for hydroxylation is 1. The standard InChI is InChI=1S/C20H19F4N5O3.2H2/c1-11-14-8-12(21)2-3-15(14)32-16(11)17(20(22,23)24)28-19(30)27-13-9-25-18(26-10-13)29-4-6-31-7-5-29;;/h2-3,8-10,17H,4-7H2,1H3,(H2,27,28,30);2*1H/t17-;;/m1../s1. The number of rotatable bonds is 4. The van der Waals surface area contributed by atoms with E-state index in [0.29, 0.717) is 32.3 Å². The van der Waals surface area contributed by atoms with Crippen LogP contribution in [-0.2, 0) is 4.74 Å². The summed E-state index contributed by atoms with van der Waals surface area (Å²) in [4.78, 5) is 22.5. The van der Waals surface area contributed by atoms with Crippen LogP contribution < -0.4 is 15.5 Å². The molecule has 3 heterocycles. The highest BCUT2D eigenvalue weighted by molar-refractivity contribution is 5.89. The van der Waals surface area contributed by atoms with Crippen LogP contribution in [0.25, 0.3) is 11.0 Å². The Morgan fingerprint density at radius 1 is 1.22 bits per heavy atom. The molecule has 2 amide bonds. The van der Waals surface area contributed by atoms with Crippen LogP contribution in [0.15, 0.2) is 35.0 Å². The van der Waals surface area contributed by atoms with E-state index in [0.717, 1.165) is 12.1 Å². The van der Waals surface area contributed by atoms with Gasteiger partial charge in [0.2, 0.25) is 5.95 Å². The van der Waals surface area contributed by atoms with Crippen molar-refractivity contribution >= 4 is 28.6 Å². The molecule has 0 saturated carbocycles. The van der Waals surface area contributed by atoms with E-state index in [-0.39, 0.29) is 25.1 Å². The van der Waals surface area contributed by atoms with Crippen LogP contribution in [0.5, 0.6) is 0 Å².